The predicted octanol–water partition coefficient (Wildman–Crippen LogP) is 3.80. The molecule has 2 heterocycles. The molecule has 28 heavy (non-hydrogen) atoms. The molecular formula is C21H31IN4OS. The molecule has 154 valence electrons. The lowest BCUT2D eigenvalue weighted by atomic mass is 10.1. The molecule has 2 N–H and O–H groups in total. The molecule has 1 aromatic carbocycles. The maximum Gasteiger partial charge on any atom is 0.191 e. The number of benzene rings is 1. The van der Waals surface area contributed by atoms with E-state index in [0.717, 1.165) is 45.4 Å². The third-order valence-electron chi connectivity index (χ3n) is 4.67. The van der Waals surface area contributed by atoms with Gasteiger partial charge in [-0.3, -0.25) is 4.90 Å². The van der Waals surface area contributed by atoms with Crippen molar-refractivity contribution in [2.75, 3.05) is 39.4 Å². The maximum atomic E-state index is 5.53. The van der Waals surface area contributed by atoms with Gasteiger partial charge in [-0.15, -0.1) is 35.3 Å². The summed E-state index contributed by atoms with van der Waals surface area (Å²) >= 11 is 1.82. The number of nitrogens with zero attached hydrogens (tertiary/aromatic N) is 2. The number of guanidine groups is 1. The number of rotatable bonds is 7. The summed E-state index contributed by atoms with van der Waals surface area (Å²) in [6, 6.07) is 13.2. The monoisotopic (exact) mass is 514 g/mol. The van der Waals surface area contributed by atoms with Gasteiger partial charge in [-0.1, -0.05) is 35.9 Å². The zero-order chi connectivity index (χ0) is 18.9. The molecule has 1 unspecified atom stereocenters. The van der Waals surface area contributed by atoms with Crippen LogP contribution >= 0.6 is 35.3 Å². The van der Waals surface area contributed by atoms with Crippen molar-refractivity contribution in [3.63, 3.8) is 0 Å². The van der Waals surface area contributed by atoms with E-state index in [2.05, 4.69) is 71.2 Å². The van der Waals surface area contributed by atoms with E-state index in [1.165, 1.54) is 16.0 Å². The van der Waals surface area contributed by atoms with Crippen LogP contribution in [0.3, 0.4) is 0 Å². The molecular weight excluding hydrogens is 483 g/mol. The molecule has 1 atom stereocenters. The molecule has 5 nitrogen and oxygen atoms in total. The van der Waals surface area contributed by atoms with E-state index < -0.39 is 0 Å². The van der Waals surface area contributed by atoms with E-state index in [1.807, 2.05) is 11.3 Å². The van der Waals surface area contributed by atoms with Crippen molar-refractivity contribution in [1.29, 1.82) is 0 Å². The smallest absolute Gasteiger partial charge is 0.191 e. The minimum atomic E-state index is 0. The molecule has 0 bridgehead atoms. The highest BCUT2D eigenvalue weighted by atomic mass is 127. The third-order valence-corrected chi connectivity index (χ3v) is 5.64. The molecule has 1 aliphatic heterocycles. The molecule has 1 aliphatic rings. The third kappa shape index (κ3) is 7.02. The van der Waals surface area contributed by atoms with Gasteiger partial charge in [0.25, 0.3) is 0 Å². The number of nitrogens with one attached hydrogen (secondary N) is 2. The maximum absolute atomic E-state index is 5.53. The summed E-state index contributed by atoms with van der Waals surface area (Å²) in [5.41, 5.74) is 2.50. The van der Waals surface area contributed by atoms with Crippen molar-refractivity contribution < 1.29 is 4.74 Å². The predicted molar refractivity (Wildman–Crippen MR) is 129 cm³/mol. The van der Waals surface area contributed by atoms with Gasteiger partial charge in [-0.25, -0.2) is 4.99 Å². The van der Waals surface area contributed by atoms with Crippen LogP contribution in [0.2, 0.25) is 0 Å². The van der Waals surface area contributed by atoms with Crippen molar-refractivity contribution in [2.24, 2.45) is 4.99 Å². The van der Waals surface area contributed by atoms with Crippen LogP contribution in [0.4, 0.5) is 0 Å². The van der Waals surface area contributed by atoms with E-state index in [-0.39, 0.29) is 24.0 Å². The largest absolute Gasteiger partial charge is 0.379 e. The average molecular weight is 514 g/mol. The number of aryl methyl sites for hydroxylation is 1. The molecule has 1 saturated heterocycles. The molecule has 1 fully saturated rings. The minimum absolute atomic E-state index is 0. The zero-order valence-corrected chi connectivity index (χ0v) is 19.8. The Morgan fingerprint density at radius 2 is 2.04 bits per heavy atom. The lowest BCUT2D eigenvalue weighted by molar-refractivity contribution is 0.0177. The number of halogens is 1. The second-order valence-corrected chi connectivity index (χ2v) is 7.72. The van der Waals surface area contributed by atoms with Gasteiger partial charge in [0.2, 0.25) is 0 Å². The first-order valence-electron chi connectivity index (χ1n) is 9.69. The fraction of sp³-hybridized carbons (Fsp3) is 0.476. The van der Waals surface area contributed by atoms with Gasteiger partial charge in [0.1, 0.15) is 0 Å². The number of morpholine rings is 1. The number of hydrogen-bond donors (Lipinski definition) is 2. The van der Waals surface area contributed by atoms with Crippen molar-refractivity contribution >= 4 is 41.3 Å². The van der Waals surface area contributed by atoms with Crippen LogP contribution in [-0.2, 0) is 11.3 Å². The normalized spacial score (nSPS) is 16.3. The lowest BCUT2D eigenvalue weighted by Crippen LogP contribution is -2.46. The Hall–Kier alpha value is -1.16. The van der Waals surface area contributed by atoms with E-state index in [0.29, 0.717) is 12.6 Å². The van der Waals surface area contributed by atoms with Gasteiger partial charge >= 0.3 is 0 Å². The van der Waals surface area contributed by atoms with E-state index >= 15 is 0 Å². The van der Waals surface area contributed by atoms with Gasteiger partial charge in [0, 0.05) is 31.1 Å². The van der Waals surface area contributed by atoms with Gasteiger partial charge in [0.15, 0.2) is 5.96 Å². The molecule has 0 aliphatic carbocycles. The van der Waals surface area contributed by atoms with Crippen LogP contribution < -0.4 is 10.6 Å². The number of thiophene rings is 1. The van der Waals surface area contributed by atoms with E-state index in [1.54, 1.807) is 0 Å². The fourth-order valence-electron chi connectivity index (χ4n) is 3.30. The van der Waals surface area contributed by atoms with Crippen LogP contribution in [-0.4, -0.2) is 50.3 Å². The van der Waals surface area contributed by atoms with E-state index in [4.69, 9.17) is 9.73 Å². The van der Waals surface area contributed by atoms with E-state index in [9.17, 15) is 0 Å². The topological polar surface area (TPSA) is 48.9 Å². The molecule has 3 rings (SSSR count). The Labute approximate surface area is 189 Å². The Morgan fingerprint density at radius 1 is 1.21 bits per heavy atom. The molecule has 0 saturated carbocycles. The Kier molecular flexibility index (Phi) is 10.3. The van der Waals surface area contributed by atoms with Crippen LogP contribution in [0.5, 0.6) is 0 Å². The first-order chi connectivity index (χ1) is 13.3. The summed E-state index contributed by atoms with van der Waals surface area (Å²) in [6.45, 7) is 10.1. The standard InChI is InChI=1S/C21H30N4OS.HI/c1-3-22-21(23-15-18-7-4-6-17(2)14-18)24-16-19(20-8-5-13-27-20)25-9-11-26-12-10-25;/h4-8,13-14,19H,3,9-12,15-16H2,1-2H3,(H2,22,23,24);1H. The molecule has 0 radical (unpaired) electrons. The van der Waals surface area contributed by atoms with Crippen molar-refractivity contribution in [3.05, 3.63) is 57.8 Å². The summed E-state index contributed by atoms with van der Waals surface area (Å²) in [5.74, 6) is 0.869. The Morgan fingerprint density at radius 3 is 2.71 bits per heavy atom. The second-order valence-electron chi connectivity index (χ2n) is 6.74. The summed E-state index contributed by atoms with van der Waals surface area (Å²) in [4.78, 5) is 8.67. The second kappa shape index (κ2) is 12.4. The van der Waals surface area contributed by atoms with Gasteiger partial charge < -0.3 is 15.4 Å². The Bertz CT molecular complexity index is 717. The minimum Gasteiger partial charge on any atom is -0.379 e. The fourth-order valence-corrected chi connectivity index (χ4v) is 4.16. The number of ether oxygens (including phenoxy) is 1. The summed E-state index contributed by atoms with van der Waals surface area (Å²) in [7, 11) is 0. The Balaban J connectivity index is 0.00000280. The quantitative estimate of drug-likeness (QED) is 0.335. The van der Waals surface area contributed by atoms with Crippen LogP contribution in [0, 0.1) is 6.92 Å². The highest BCUT2D eigenvalue weighted by Crippen LogP contribution is 2.25. The van der Waals surface area contributed by atoms with Gasteiger partial charge in [-0.05, 0) is 30.9 Å². The first kappa shape index (κ1) is 23.1. The SMILES string of the molecule is CCNC(=NCc1cccc(C)c1)NCC(c1cccs1)N1CCOCC1.I. The molecule has 7 heteroatoms. The summed E-state index contributed by atoms with van der Waals surface area (Å²) < 4.78 is 5.53. The van der Waals surface area contributed by atoms with Crippen LogP contribution in [0.15, 0.2) is 46.8 Å². The molecule has 2 aromatic rings. The molecule has 0 spiro atoms. The number of hydrogen-bond acceptors (Lipinski definition) is 4. The number of aliphatic imine (C=N–C) groups is 1. The van der Waals surface area contributed by atoms with Crippen molar-refractivity contribution in [1.82, 2.24) is 15.5 Å². The van der Waals surface area contributed by atoms with Crippen LogP contribution in [0.25, 0.3) is 0 Å². The highest BCUT2D eigenvalue weighted by Gasteiger charge is 2.23. The first-order valence-corrected chi connectivity index (χ1v) is 10.6. The van der Waals surface area contributed by atoms with Crippen molar-refractivity contribution in [3.8, 4) is 0 Å². The summed E-state index contributed by atoms with van der Waals surface area (Å²) in [6.07, 6.45) is 0. The van der Waals surface area contributed by atoms with Gasteiger partial charge in [0.05, 0.1) is 25.8 Å². The summed E-state index contributed by atoms with van der Waals surface area (Å²) in [5, 5.41) is 9.08. The lowest BCUT2D eigenvalue weighted by Gasteiger charge is -2.34. The zero-order valence-electron chi connectivity index (χ0n) is 16.7. The molecule has 1 aromatic heterocycles. The highest BCUT2D eigenvalue weighted by molar-refractivity contribution is 14.0. The van der Waals surface area contributed by atoms with Gasteiger partial charge in [-0.2, -0.15) is 0 Å². The van der Waals surface area contributed by atoms with Crippen LogP contribution in [0.1, 0.15) is 29.0 Å². The molecule has 0 amide bonds. The van der Waals surface area contributed by atoms with Crippen molar-refractivity contribution in [2.45, 2.75) is 26.4 Å². The average Bonchev–Trinajstić information content (AvgIpc) is 3.21.